The molecule has 1 aromatic heterocycles. The Morgan fingerprint density at radius 2 is 2.18 bits per heavy atom. The van der Waals surface area contributed by atoms with E-state index in [1.807, 2.05) is 0 Å². The monoisotopic (exact) mass is 318 g/mol. The van der Waals surface area contributed by atoms with Crippen molar-refractivity contribution in [2.75, 3.05) is 20.1 Å². The molecule has 0 aromatic carbocycles. The third-order valence-electron chi connectivity index (χ3n) is 3.29. The quantitative estimate of drug-likeness (QED) is 0.826. The van der Waals surface area contributed by atoms with Gasteiger partial charge in [-0.15, -0.1) is 11.3 Å². The van der Waals surface area contributed by atoms with Crippen LogP contribution in [0.2, 0.25) is 0 Å². The number of nitrogens with one attached hydrogen (secondary N) is 1. The van der Waals surface area contributed by atoms with Gasteiger partial charge < -0.3 is 5.32 Å². The summed E-state index contributed by atoms with van der Waals surface area (Å²) in [6.45, 7) is 9.95. The molecule has 1 rings (SSSR count). The van der Waals surface area contributed by atoms with E-state index in [1.54, 1.807) is 11.3 Å². The molecule has 0 bridgehead atoms. The summed E-state index contributed by atoms with van der Waals surface area (Å²) in [5.41, 5.74) is 1.40. The molecule has 0 aliphatic carbocycles. The first-order chi connectivity index (χ1) is 8.04. The van der Waals surface area contributed by atoms with Crippen LogP contribution in [0.15, 0.2) is 15.2 Å². The second-order valence-electron chi connectivity index (χ2n) is 4.70. The minimum Gasteiger partial charge on any atom is -0.317 e. The summed E-state index contributed by atoms with van der Waals surface area (Å²) < 4.78 is 1.22. The predicted molar refractivity (Wildman–Crippen MR) is 80.7 cm³/mol. The molecule has 0 saturated heterocycles. The van der Waals surface area contributed by atoms with Crippen LogP contribution in [0.25, 0.3) is 0 Å². The lowest BCUT2D eigenvalue weighted by Gasteiger charge is -2.29. The van der Waals surface area contributed by atoms with Crippen molar-refractivity contribution in [2.45, 2.75) is 33.4 Å². The summed E-state index contributed by atoms with van der Waals surface area (Å²) in [4.78, 5) is 2.43. The highest BCUT2D eigenvalue weighted by atomic mass is 79.9. The zero-order chi connectivity index (χ0) is 12.8. The molecule has 0 fully saturated rings. The highest BCUT2D eigenvalue weighted by molar-refractivity contribution is 9.11. The highest BCUT2D eigenvalue weighted by Gasteiger charge is 2.16. The molecule has 2 atom stereocenters. The van der Waals surface area contributed by atoms with Crippen molar-refractivity contribution < 1.29 is 0 Å². The summed E-state index contributed by atoms with van der Waals surface area (Å²) in [7, 11) is 2.21. The van der Waals surface area contributed by atoms with Gasteiger partial charge in [-0.1, -0.05) is 13.8 Å². The number of hydrogen-bond donors (Lipinski definition) is 1. The maximum Gasteiger partial charge on any atom is 0.0701 e. The Labute approximate surface area is 118 Å². The molecule has 4 heteroatoms. The molecule has 1 N–H and O–H groups in total. The molecule has 2 unspecified atom stereocenters. The number of rotatable bonds is 7. The Balaban J connectivity index is 2.43. The van der Waals surface area contributed by atoms with E-state index < -0.39 is 0 Å². The van der Waals surface area contributed by atoms with Crippen molar-refractivity contribution in [3.63, 3.8) is 0 Å². The van der Waals surface area contributed by atoms with Gasteiger partial charge in [-0.3, -0.25) is 4.90 Å². The van der Waals surface area contributed by atoms with Gasteiger partial charge in [0.05, 0.1) is 3.79 Å². The Hall–Kier alpha value is 0.100. The number of halogens is 1. The molecule has 0 spiro atoms. The summed E-state index contributed by atoms with van der Waals surface area (Å²) in [6.07, 6.45) is 0. The minimum atomic E-state index is 0.590. The van der Waals surface area contributed by atoms with Crippen LogP contribution in [-0.4, -0.2) is 31.1 Å². The van der Waals surface area contributed by atoms with E-state index in [9.17, 15) is 0 Å². The van der Waals surface area contributed by atoms with Crippen LogP contribution < -0.4 is 5.32 Å². The van der Waals surface area contributed by atoms with Gasteiger partial charge >= 0.3 is 0 Å². The van der Waals surface area contributed by atoms with Crippen LogP contribution >= 0.6 is 27.3 Å². The van der Waals surface area contributed by atoms with Crippen molar-refractivity contribution in [3.8, 4) is 0 Å². The van der Waals surface area contributed by atoms with Crippen molar-refractivity contribution in [3.05, 3.63) is 20.8 Å². The molecule has 1 aromatic rings. The molecule has 0 amide bonds. The molecule has 1 heterocycles. The Morgan fingerprint density at radius 1 is 1.47 bits per heavy atom. The molecule has 17 heavy (non-hydrogen) atoms. The van der Waals surface area contributed by atoms with Gasteiger partial charge in [-0.05, 0) is 65.9 Å². The first-order valence-electron chi connectivity index (χ1n) is 6.18. The second kappa shape index (κ2) is 7.52. The van der Waals surface area contributed by atoms with Crippen LogP contribution in [0.1, 0.15) is 26.3 Å². The number of nitrogens with zero attached hydrogens (tertiary/aromatic N) is 1. The zero-order valence-electron chi connectivity index (χ0n) is 11.2. The summed E-state index contributed by atoms with van der Waals surface area (Å²) in [6, 6.07) is 2.80. The number of hydrogen-bond acceptors (Lipinski definition) is 3. The predicted octanol–water partition coefficient (Wildman–Crippen LogP) is 3.58. The van der Waals surface area contributed by atoms with Crippen molar-refractivity contribution in [1.82, 2.24) is 10.2 Å². The minimum absolute atomic E-state index is 0.590. The molecular weight excluding hydrogens is 296 g/mol. The van der Waals surface area contributed by atoms with E-state index in [2.05, 4.69) is 65.4 Å². The third-order valence-corrected chi connectivity index (χ3v) is 4.84. The van der Waals surface area contributed by atoms with Crippen LogP contribution in [-0.2, 0) is 6.54 Å². The van der Waals surface area contributed by atoms with Crippen LogP contribution in [0, 0.1) is 5.92 Å². The molecule has 98 valence electrons. The lowest BCUT2D eigenvalue weighted by molar-refractivity contribution is 0.189. The van der Waals surface area contributed by atoms with E-state index >= 15 is 0 Å². The summed E-state index contributed by atoms with van der Waals surface area (Å²) in [5, 5.41) is 5.64. The normalized spacial score (nSPS) is 15.2. The van der Waals surface area contributed by atoms with Gasteiger partial charge in [0.2, 0.25) is 0 Å². The van der Waals surface area contributed by atoms with E-state index in [1.165, 1.54) is 9.35 Å². The summed E-state index contributed by atoms with van der Waals surface area (Å²) in [5.74, 6) is 0.669. The second-order valence-corrected chi connectivity index (χ2v) is 6.99. The first-order valence-corrected chi connectivity index (χ1v) is 7.85. The van der Waals surface area contributed by atoms with Crippen LogP contribution in [0.3, 0.4) is 0 Å². The Kier molecular flexibility index (Phi) is 6.70. The van der Waals surface area contributed by atoms with Gasteiger partial charge in [0.25, 0.3) is 0 Å². The van der Waals surface area contributed by atoms with E-state index in [0.717, 1.165) is 19.6 Å². The molecule has 0 aliphatic heterocycles. The highest BCUT2D eigenvalue weighted by Crippen LogP contribution is 2.22. The fourth-order valence-corrected chi connectivity index (χ4v) is 3.04. The zero-order valence-corrected chi connectivity index (χ0v) is 13.6. The maximum atomic E-state index is 3.51. The van der Waals surface area contributed by atoms with Crippen LogP contribution in [0.5, 0.6) is 0 Å². The fourth-order valence-electron chi connectivity index (χ4n) is 1.84. The molecule has 2 nitrogen and oxygen atoms in total. The lowest BCUT2D eigenvalue weighted by atomic mass is 10.0. The van der Waals surface area contributed by atoms with Crippen molar-refractivity contribution >= 4 is 27.3 Å². The third kappa shape index (κ3) is 5.08. The molecule has 0 aliphatic rings. The molecule has 0 radical (unpaired) electrons. The molecular formula is C13H23BrN2S. The largest absolute Gasteiger partial charge is 0.317 e. The topological polar surface area (TPSA) is 15.3 Å². The van der Waals surface area contributed by atoms with Gasteiger partial charge in [-0.2, -0.15) is 0 Å². The Bertz CT molecular complexity index is 327. The number of thiophene rings is 1. The average molecular weight is 319 g/mol. The van der Waals surface area contributed by atoms with E-state index in [0.29, 0.717) is 12.0 Å². The maximum absolute atomic E-state index is 3.51. The lowest BCUT2D eigenvalue weighted by Crippen LogP contribution is -2.38. The van der Waals surface area contributed by atoms with E-state index in [4.69, 9.17) is 0 Å². The van der Waals surface area contributed by atoms with Gasteiger partial charge in [0, 0.05) is 12.6 Å². The van der Waals surface area contributed by atoms with Crippen molar-refractivity contribution in [2.24, 2.45) is 5.92 Å². The first kappa shape index (κ1) is 15.2. The van der Waals surface area contributed by atoms with Crippen LogP contribution in [0.4, 0.5) is 0 Å². The average Bonchev–Trinajstić information content (AvgIpc) is 2.70. The smallest absolute Gasteiger partial charge is 0.0701 e. The van der Waals surface area contributed by atoms with Gasteiger partial charge in [0.15, 0.2) is 0 Å². The van der Waals surface area contributed by atoms with Gasteiger partial charge in [-0.25, -0.2) is 0 Å². The van der Waals surface area contributed by atoms with Crippen molar-refractivity contribution in [1.29, 1.82) is 0 Å². The fraction of sp³-hybridized carbons (Fsp3) is 0.692. The SMILES string of the molecule is CCNCC(C)C(C)N(C)Cc1csc(Br)c1. The summed E-state index contributed by atoms with van der Waals surface area (Å²) >= 11 is 5.27. The Morgan fingerprint density at radius 3 is 2.71 bits per heavy atom. The molecule has 0 saturated carbocycles. The van der Waals surface area contributed by atoms with Gasteiger partial charge in [0.1, 0.15) is 0 Å². The standard InChI is InChI=1S/C13H23BrN2S/c1-5-15-7-10(2)11(3)16(4)8-12-6-13(14)17-9-12/h6,9-11,15H,5,7-8H2,1-4H3. The van der Waals surface area contributed by atoms with E-state index in [-0.39, 0.29) is 0 Å².